The molecule has 0 heterocycles. The molecule has 0 saturated heterocycles. The molecule has 0 aliphatic heterocycles. The first-order chi connectivity index (χ1) is 20.0. The largest absolute Gasteiger partial charge is 0.507 e. The highest BCUT2D eigenvalue weighted by Gasteiger charge is 2.76. The number of phenolic OH excluding ortho intramolecular Hbond substituents is 1. The number of ketones is 5. The Hall–Kier alpha value is -3.45. The standard InChI is InChI=1S/C36H42O7/c1-9-20-10-12-21(13-11-20)23-14-22(17(2)3)24-15-34(7)16-35(8)27(18(4)5)30(39)25(19(6)37)32(41)36(35,43)33(42)28(34)31(40)26(24)29(23)38/h10-14,17-18,25,27-28,38,43H,9,15-16H2,1-8H3/t25?,27?,28?,34-,35-,36+/m1/s1. The van der Waals surface area contributed by atoms with Gasteiger partial charge in [-0.25, -0.2) is 0 Å². The van der Waals surface area contributed by atoms with Crippen LogP contribution in [0.4, 0.5) is 0 Å². The molecule has 2 saturated carbocycles. The van der Waals surface area contributed by atoms with E-state index in [1.807, 2.05) is 58.0 Å². The number of aryl methyl sites for hydroxylation is 1. The number of fused-ring (bicyclic) bond motifs is 3. The van der Waals surface area contributed by atoms with E-state index >= 15 is 0 Å². The molecule has 3 unspecified atom stereocenters. The highest BCUT2D eigenvalue weighted by atomic mass is 16.3. The number of aromatic hydroxyl groups is 1. The third-order valence-electron chi connectivity index (χ3n) is 10.7. The van der Waals surface area contributed by atoms with Gasteiger partial charge in [0.25, 0.3) is 0 Å². The summed E-state index contributed by atoms with van der Waals surface area (Å²) in [5, 5.41) is 23.9. The van der Waals surface area contributed by atoms with Crippen molar-refractivity contribution in [3.63, 3.8) is 0 Å². The molecule has 3 aliphatic rings. The molecule has 0 spiro atoms. The van der Waals surface area contributed by atoms with Crippen molar-refractivity contribution < 1.29 is 34.2 Å². The van der Waals surface area contributed by atoms with E-state index in [0.29, 0.717) is 11.1 Å². The van der Waals surface area contributed by atoms with Crippen LogP contribution >= 0.6 is 0 Å². The molecule has 0 aromatic heterocycles. The van der Waals surface area contributed by atoms with Crippen LogP contribution in [0.2, 0.25) is 0 Å². The fraction of sp³-hybridized carbons (Fsp3) is 0.528. The van der Waals surface area contributed by atoms with Crippen LogP contribution in [-0.4, -0.2) is 44.7 Å². The summed E-state index contributed by atoms with van der Waals surface area (Å²) in [6, 6.07) is 9.65. The van der Waals surface area contributed by atoms with E-state index < -0.39 is 63.1 Å². The van der Waals surface area contributed by atoms with E-state index in [1.165, 1.54) is 0 Å². The van der Waals surface area contributed by atoms with Gasteiger partial charge in [0.15, 0.2) is 28.7 Å². The van der Waals surface area contributed by atoms with E-state index in [0.717, 1.165) is 30.0 Å². The molecule has 6 atom stereocenters. The topological polar surface area (TPSA) is 126 Å². The van der Waals surface area contributed by atoms with Crippen molar-refractivity contribution in [2.45, 2.75) is 86.2 Å². The second-order valence-corrected chi connectivity index (χ2v) is 14.2. The maximum Gasteiger partial charge on any atom is 0.190 e. The molecule has 2 aromatic rings. The lowest BCUT2D eigenvalue weighted by Gasteiger charge is -2.62. The Labute approximate surface area is 253 Å². The highest BCUT2D eigenvalue weighted by Crippen LogP contribution is 2.64. The van der Waals surface area contributed by atoms with E-state index in [-0.39, 0.29) is 36.0 Å². The van der Waals surface area contributed by atoms with Gasteiger partial charge in [0.05, 0.1) is 11.5 Å². The summed E-state index contributed by atoms with van der Waals surface area (Å²) in [5.41, 5.74) is -1.36. The van der Waals surface area contributed by atoms with E-state index in [1.54, 1.807) is 20.8 Å². The van der Waals surface area contributed by atoms with Gasteiger partial charge in [-0.2, -0.15) is 0 Å². The third kappa shape index (κ3) is 4.07. The van der Waals surface area contributed by atoms with Crippen molar-refractivity contribution in [2.24, 2.45) is 34.5 Å². The lowest BCUT2D eigenvalue weighted by molar-refractivity contribution is -0.205. The summed E-state index contributed by atoms with van der Waals surface area (Å²) >= 11 is 0. The molecular formula is C36H42O7. The normalized spacial score (nSPS) is 32.1. The quantitative estimate of drug-likeness (QED) is 0.447. The summed E-state index contributed by atoms with van der Waals surface area (Å²) in [6.45, 7) is 14.1. The van der Waals surface area contributed by atoms with Gasteiger partial charge in [0, 0.05) is 16.9 Å². The molecule has 3 aliphatic carbocycles. The van der Waals surface area contributed by atoms with Crippen LogP contribution in [0.1, 0.15) is 94.8 Å². The summed E-state index contributed by atoms with van der Waals surface area (Å²) in [4.78, 5) is 69.2. The van der Waals surface area contributed by atoms with Crippen molar-refractivity contribution in [3.8, 4) is 16.9 Å². The van der Waals surface area contributed by atoms with Crippen LogP contribution in [0.25, 0.3) is 11.1 Å². The summed E-state index contributed by atoms with van der Waals surface area (Å²) < 4.78 is 0. The lowest BCUT2D eigenvalue weighted by Crippen LogP contribution is -2.76. The number of phenols is 1. The Morgan fingerprint density at radius 3 is 2.12 bits per heavy atom. The first-order valence-electron chi connectivity index (χ1n) is 15.3. The molecule has 5 rings (SSSR count). The smallest absolute Gasteiger partial charge is 0.190 e. The Balaban J connectivity index is 1.75. The molecule has 0 radical (unpaired) electrons. The zero-order valence-corrected chi connectivity index (χ0v) is 26.3. The number of hydrogen-bond acceptors (Lipinski definition) is 7. The number of hydrogen-bond donors (Lipinski definition) is 2. The maximum absolute atomic E-state index is 14.6. The lowest BCUT2D eigenvalue weighted by atomic mass is 9.39. The number of rotatable bonds is 5. The van der Waals surface area contributed by atoms with Gasteiger partial charge in [-0.3, -0.25) is 24.0 Å². The predicted molar refractivity (Wildman–Crippen MR) is 162 cm³/mol. The molecule has 228 valence electrons. The molecule has 2 fully saturated rings. The van der Waals surface area contributed by atoms with Crippen molar-refractivity contribution in [2.75, 3.05) is 0 Å². The first kappa shape index (κ1) is 31.0. The Bertz CT molecular complexity index is 1580. The molecule has 7 heteroatoms. The van der Waals surface area contributed by atoms with Gasteiger partial charge in [-0.15, -0.1) is 0 Å². The summed E-state index contributed by atoms with van der Waals surface area (Å²) in [6.07, 6.45) is 1.14. The molecule has 7 nitrogen and oxygen atoms in total. The zero-order chi connectivity index (χ0) is 32.0. The minimum atomic E-state index is -2.70. The first-order valence-corrected chi connectivity index (χ1v) is 15.3. The minimum Gasteiger partial charge on any atom is -0.507 e. The number of aliphatic hydroxyl groups is 1. The van der Waals surface area contributed by atoms with Crippen LogP contribution in [0.5, 0.6) is 5.75 Å². The van der Waals surface area contributed by atoms with Gasteiger partial charge < -0.3 is 10.2 Å². The summed E-state index contributed by atoms with van der Waals surface area (Å²) in [7, 11) is 0. The number of benzene rings is 2. The molecule has 2 N–H and O–H groups in total. The molecule has 0 amide bonds. The second kappa shape index (κ2) is 10.0. The SMILES string of the molecule is CCc1ccc(-c2cc(C(C)C)c3c(c2O)C(=O)C2C(=O)[C@@]4(O)C(=O)C(C(C)=O)C(=O)C(C(C)C)[C@@]4(C)C[C@@]2(C)C3)cc1. The Morgan fingerprint density at radius 2 is 1.60 bits per heavy atom. The van der Waals surface area contributed by atoms with Crippen molar-refractivity contribution in [3.05, 3.63) is 52.6 Å². The van der Waals surface area contributed by atoms with Gasteiger partial charge in [0.1, 0.15) is 17.5 Å². The van der Waals surface area contributed by atoms with Crippen LogP contribution in [0.15, 0.2) is 30.3 Å². The number of carbonyl (C=O) groups excluding carboxylic acids is 5. The van der Waals surface area contributed by atoms with Crippen molar-refractivity contribution >= 4 is 28.9 Å². The fourth-order valence-corrected chi connectivity index (χ4v) is 8.89. The third-order valence-corrected chi connectivity index (χ3v) is 10.7. The average Bonchev–Trinajstić information content (AvgIpc) is 2.90. The molecule has 0 bridgehead atoms. The average molecular weight is 587 g/mol. The predicted octanol–water partition coefficient (Wildman–Crippen LogP) is 5.45. The van der Waals surface area contributed by atoms with Crippen LogP contribution in [0.3, 0.4) is 0 Å². The zero-order valence-electron chi connectivity index (χ0n) is 26.3. The van der Waals surface area contributed by atoms with Crippen LogP contribution in [-0.2, 0) is 32.0 Å². The van der Waals surface area contributed by atoms with Crippen molar-refractivity contribution in [1.29, 1.82) is 0 Å². The summed E-state index contributed by atoms with van der Waals surface area (Å²) in [5.74, 6) is -8.81. The van der Waals surface area contributed by atoms with Crippen molar-refractivity contribution in [1.82, 2.24) is 0 Å². The number of carbonyl (C=O) groups is 5. The van der Waals surface area contributed by atoms with E-state index in [2.05, 4.69) is 0 Å². The van der Waals surface area contributed by atoms with E-state index in [9.17, 15) is 34.2 Å². The van der Waals surface area contributed by atoms with Gasteiger partial charge in [-0.05, 0) is 71.8 Å². The Kier molecular flexibility index (Phi) is 7.24. The van der Waals surface area contributed by atoms with Gasteiger partial charge >= 0.3 is 0 Å². The van der Waals surface area contributed by atoms with Gasteiger partial charge in [-0.1, -0.05) is 72.7 Å². The fourth-order valence-electron chi connectivity index (χ4n) is 8.89. The molecular weight excluding hydrogens is 544 g/mol. The second-order valence-electron chi connectivity index (χ2n) is 14.2. The Morgan fingerprint density at radius 1 is 1.00 bits per heavy atom. The maximum atomic E-state index is 14.6. The highest BCUT2D eigenvalue weighted by molar-refractivity contribution is 6.32. The monoisotopic (exact) mass is 586 g/mol. The van der Waals surface area contributed by atoms with Crippen LogP contribution < -0.4 is 0 Å². The minimum absolute atomic E-state index is 0.0136. The number of Topliss-reactive ketones (excluding diaryl/α,β-unsaturated/α-hetero) is 5. The molecule has 43 heavy (non-hydrogen) atoms. The van der Waals surface area contributed by atoms with Crippen LogP contribution in [0, 0.1) is 34.5 Å². The molecule has 2 aromatic carbocycles. The van der Waals surface area contributed by atoms with E-state index in [4.69, 9.17) is 0 Å². The van der Waals surface area contributed by atoms with Gasteiger partial charge in [0.2, 0.25) is 0 Å².